The normalized spacial score (nSPS) is 10.5. The molecule has 0 saturated carbocycles. The maximum Gasteiger partial charge on any atom is 0.342 e. The molecule has 0 fully saturated rings. The Morgan fingerprint density at radius 1 is 0.861 bits per heavy atom. The second-order valence-corrected chi connectivity index (χ2v) is 9.14. The van der Waals surface area contributed by atoms with Crippen LogP contribution in [0.3, 0.4) is 0 Å². The summed E-state index contributed by atoms with van der Waals surface area (Å²) in [5.41, 5.74) is 1.53. The van der Waals surface area contributed by atoms with Crippen LogP contribution in [0.2, 0.25) is 5.02 Å². The molecule has 0 spiro atoms. The van der Waals surface area contributed by atoms with Crippen molar-refractivity contribution in [1.29, 1.82) is 0 Å². The third-order valence-corrected chi connectivity index (χ3v) is 6.29. The number of para-hydroxylation sites is 2. The molecular formula is C28H21ClFNO4S. The number of esters is 1. The monoisotopic (exact) mass is 521 g/mol. The number of carbonyl (C=O) groups is 2. The van der Waals surface area contributed by atoms with Gasteiger partial charge in [0.1, 0.15) is 23.7 Å². The van der Waals surface area contributed by atoms with E-state index in [1.807, 2.05) is 30.3 Å². The Kier molecular flexibility index (Phi) is 8.60. The van der Waals surface area contributed by atoms with E-state index in [0.717, 1.165) is 15.4 Å². The molecule has 1 N–H and O–H groups in total. The van der Waals surface area contributed by atoms with Gasteiger partial charge >= 0.3 is 5.97 Å². The number of carbonyl (C=O) groups excluding carboxylic acids is 2. The minimum Gasteiger partial charge on any atom is -0.488 e. The number of benzene rings is 4. The first-order valence-corrected chi connectivity index (χ1v) is 12.1. The van der Waals surface area contributed by atoms with E-state index in [1.165, 1.54) is 23.9 Å². The second kappa shape index (κ2) is 12.2. The van der Waals surface area contributed by atoms with Crippen LogP contribution in [0.5, 0.6) is 5.75 Å². The summed E-state index contributed by atoms with van der Waals surface area (Å²) >= 11 is 7.43. The average Bonchev–Trinajstić information content (AvgIpc) is 2.89. The van der Waals surface area contributed by atoms with Crippen LogP contribution in [0.15, 0.2) is 107 Å². The van der Waals surface area contributed by atoms with E-state index in [1.54, 1.807) is 54.6 Å². The Morgan fingerprint density at radius 2 is 1.56 bits per heavy atom. The highest BCUT2D eigenvalue weighted by molar-refractivity contribution is 7.99. The van der Waals surface area contributed by atoms with Crippen LogP contribution in [0.4, 0.5) is 10.1 Å². The topological polar surface area (TPSA) is 64.6 Å². The van der Waals surface area contributed by atoms with Gasteiger partial charge in [-0.3, -0.25) is 4.79 Å². The van der Waals surface area contributed by atoms with Crippen molar-refractivity contribution in [2.24, 2.45) is 0 Å². The lowest BCUT2D eigenvalue weighted by atomic mass is 10.2. The molecule has 0 heterocycles. The van der Waals surface area contributed by atoms with Crippen LogP contribution in [0.25, 0.3) is 0 Å². The van der Waals surface area contributed by atoms with Crippen molar-refractivity contribution in [2.45, 2.75) is 16.4 Å². The van der Waals surface area contributed by atoms with Gasteiger partial charge in [-0.25, -0.2) is 9.18 Å². The zero-order valence-electron chi connectivity index (χ0n) is 18.9. The number of anilines is 1. The van der Waals surface area contributed by atoms with Gasteiger partial charge in [0, 0.05) is 14.8 Å². The maximum absolute atomic E-state index is 13.1. The quantitative estimate of drug-likeness (QED) is 0.240. The van der Waals surface area contributed by atoms with Gasteiger partial charge in [-0.1, -0.05) is 59.8 Å². The van der Waals surface area contributed by atoms with Crippen LogP contribution in [0.1, 0.15) is 15.9 Å². The number of hydrogen-bond acceptors (Lipinski definition) is 5. The minimum atomic E-state index is -0.691. The highest BCUT2D eigenvalue weighted by atomic mass is 35.5. The van der Waals surface area contributed by atoms with E-state index in [-0.39, 0.29) is 18.0 Å². The number of nitrogens with one attached hydrogen (secondary N) is 1. The van der Waals surface area contributed by atoms with E-state index in [9.17, 15) is 14.0 Å². The molecule has 1 amide bonds. The summed E-state index contributed by atoms with van der Waals surface area (Å²) in [4.78, 5) is 27.0. The SMILES string of the molecule is O=C(COC(=O)c1ccccc1OCc1ccc(F)cc1)Nc1ccccc1Sc1ccc(Cl)cc1. The number of halogens is 2. The standard InChI is InChI=1S/C28H21ClFNO4S/c29-20-11-15-22(16-12-20)36-26-8-4-2-6-24(26)31-27(32)18-35-28(33)23-5-1-3-7-25(23)34-17-19-9-13-21(30)14-10-19/h1-16H,17-18H2,(H,31,32). The Bertz CT molecular complexity index is 1350. The van der Waals surface area contributed by atoms with Gasteiger partial charge in [-0.2, -0.15) is 0 Å². The van der Waals surface area contributed by atoms with Crippen LogP contribution in [-0.4, -0.2) is 18.5 Å². The largest absolute Gasteiger partial charge is 0.488 e. The first-order chi connectivity index (χ1) is 17.5. The summed E-state index contributed by atoms with van der Waals surface area (Å²) in [5, 5.41) is 3.43. The Labute approximate surface area is 217 Å². The molecule has 8 heteroatoms. The zero-order chi connectivity index (χ0) is 25.3. The maximum atomic E-state index is 13.1. The summed E-state index contributed by atoms with van der Waals surface area (Å²) in [7, 11) is 0. The molecule has 4 aromatic carbocycles. The minimum absolute atomic E-state index is 0.146. The molecule has 5 nitrogen and oxygen atoms in total. The molecule has 0 unspecified atom stereocenters. The summed E-state index contributed by atoms with van der Waals surface area (Å²) in [6.07, 6.45) is 0. The molecule has 4 rings (SSSR count). The highest BCUT2D eigenvalue weighted by Gasteiger charge is 2.16. The molecular weight excluding hydrogens is 501 g/mol. The van der Waals surface area contributed by atoms with Crippen LogP contribution >= 0.6 is 23.4 Å². The van der Waals surface area contributed by atoms with Gasteiger partial charge < -0.3 is 14.8 Å². The molecule has 0 atom stereocenters. The predicted molar refractivity (Wildman–Crippen MR) is 138 cm³/mol. The number of hydrogen-bond donors (Lipinski definition) is 1. The molecule has 0 aromatic heterocycles. The number of amides is 1. The van der Waals surface area contributed by atoms with Crippen LogP contribution in [-0.2, 0) is 16.1 Å². The van der Waals surface area contributed by atoms with Crippen molar-refractivity contribution in [3.8, 4) is 5.75 Å². The van der Waals surface area contributed by atoms with Crippen molar-refractivity contribution in [3.63, 3.8) is 0 Å². The fourth-order valence-electron chi connectivity index (χ4n) is 3.19. The molecule has 0 aliphatic rings. The van der Waals surface area contributed by atoms with E-state index in [0.29, 0.717) is 16.5 Å². The molecule has 36 heavy (non-hydrogen) atoms. The highest BCUT2D eigenvalue weighted by Crippen LogP contribution is 2.34. The summed E-state index contributed by atoms with van der Waals surface area (Å²) in [6, 6.07) is 27.2. The second-order valence-electron chi connectivity index (χ2n) is 7.59. The molecule has 0 bridgehead atoms. The van der Waals surface area contributed by atoms with Gasteiger partial charge in [-0.15, -0.1) is 0 Å². The number of ether oxygens (including phenoxy) is 2. The van der Waals surface area contributed by atoms with Crippen molar-refractivity contribution in [2.75, 3.05) is 11.9 Å². The first kappa shape index (κ1) is 25.3. The molecule has 4 aromatic rings. The average molecular weight is 522 g/mol. The van der Waals surface area contributed by atoms with Crippen molar-refractivity contribution in [3.05, 3.63) is 119 Å². The lowest BCUT2D eigenvalue weighted by molar-refractivity contribution is -0.119. The molecule has 0 aliphatic heterocycles. The summed E-state index contributed by atoms with van der Waals surface area (Å²) < 4.78 is 24.1. The molecule has 0 radical (unpaired) electrons. The van der Waals surface area contributed by atoms with E-state index in [4.69, 9.17) is 21.1 Å². The van der Waals surface area contributed by atoms with Gasteiger partial charge in [0.2, 0.25) is 0 Å². The first-order valence-electron chi connectivity index (χ1n) is 10.9. The smallest absolute Gasteiger partial charge is 0.342 e. The third kappa shape index (κ3) is 7.10. The van der Waals surface area contributed by atoms with Crippen LogP contribution < -0.4 is 10.1 Å². The molecule has 0 aliphatic carbocycles. The van der Waals surface area contributed by atoms with Gasteiger partial charge in [-0.05, 0) is 66.2 Å². The van der Waals surface area contributed by atoms with Gasteiger partial charge in [0.15, 0.2) is 6.61 Å². The van der Waals surface area contributed by atoms with Crippen LogP contribution in [0, 0.1) is 5.82 Å². The Balaban J connectivity index is 1.35. The molecule has 182 valence electrons. The van der Waals surface area contributed by atoms with E-state index >= 15 is 0 Å². The fraction of sp³-hybridized carbons (Fsp3) is 0.0714. The lowest BCUT2D eigenvalue weighted by Gasteiger charge is -2.13. The van der Waals surface area contributed by atoms with Crippen molar-refractivity contribution >= 4 is 40.9 Å². The third-order valence-electron chi connectivity index (χ3n) is 4.95. The predicted octanol–water partition coefficient (Wildman–Crippen LogP) is 7.00. The number of rotatable bonds is 9. The van der Waals surface area contributed by atoms with Crippen molar-refractivity contribution < 1.29 is 23.5 Å². The van der Waals surface area contributed by atoms with Gasteiger partial charge in [0.05, 0.1) is 5.69 Å². The molecule has 0 saturated heterocycles. The van der Waals surface area contributed by atoms with E-state index < -0.39 is 18.5 Å². The van der Waals surface area contributed by atoms with E-state index in [2.05, 4.69) is 5.32 Å². The zero-order valence-corrected chi connectivity index (χ0v) is 20.5. The van der Waals surface area contributed by atoms with Crippen molar-refractivity contribution in [1.82, 2.24) is 0 Å². The fourth-order valence-corrected chi connectivity index (χ4v) is 4.21. The summed E-state index contributed by atoms with van der Waals surface area (Å²) in [5.74, 6) is -1.20. The Hall–Kier alpha value is -3.81. The lowest BCUT2D eigenvalue weighted by Crippen LogP contribution is -2.21. The van der Waals surface area contributed by atoms with Gasteiger partial charge in [0.25, 0.3) is 5.91 Å². The Morgan fingerprint density at radius 3 is 2.33 bits per heavy atom. The summed E-state index contributed by atoms with van der Waals surface area (Å²) in [6.45, 7) is -0.321.